The zero-order valence-corrected chi connectivity index (χ0v) is 12.7. The van der Waals surface area contributed by atoms with Crippen molar-refractivity contribution in [2.75, 3.05) is 13.7 Å². The Morgan fingerprint density at radius 2 is 2.11 bits per heavy atom. The summed E-state index contributed by atoms with van der Waals surface area (Å²) in [5.74, 6) is 1.54. The molecule has 0 saturated carbocycles. The Balaban J connectivity index is 1.98. The van der Waals surface area contributed by atoms with Gasteiger partial charge in [0.05, 0.1) is 19.9 Å². The Morgan fingerprint density at radius 3 is 2.74 bits per heavy atom. The second-order valence-electron chi connectivity index (χ2n) is 4.24. The number of aryl methyl sites for hydroxylation is 1. The number of halogens is 1. The lowest BCUT2D eigenvalue weighted by atomic mass is 10.2. The van der Waals surface area contributed by atoms with Gasteiger partial charge in [-0.25, -0.2) is 0 Å². The van der Waals surface area contributed by atoms with E-state index in [0.29, 0.717) is 6.61 Å². The first-order valence-electron chi connectivity index (χ1n) is 6.06. The molecule has 4 nitrogen and oxygen atoms in total. The molecule has 0 atom stereocenters. The van der Waals surface area contributed by atoms with Crippen molar-refractivity contribution < 1.29 is 9.47 Å². The third-order valence-electron chi connectivity index (χ3n) is 2.79. The Bertz CT molecular complexity index is 540. The highest BCUT2D eigenvalue weighted by Crippen LogP contribution is 2.28. The fourth-order valence-corrected chi connectivity index (χ4v) is 2.15. The molecular formula is C14H17BrN2O2. The number of ether oxygens (including phenoxy) is 2. The molecular weight excluding hydrogens is 308 g/mol. The zero-order chi connectivity index (χ0) is 13.7. The molecule has 19 heavy (non-hydrogen) atoms. The van der Waals surface area contributed by atoms with E-state index in [9.17, 15) is 0 Å². The van der Waals surface area contributed by atoms with Gasteiger partial charge >= 0.3 is 0 Å². The van der Waals surface area contributed by atoms with E-state index in [4.69, 9.17) is 9.47 Å². The van der Waals surface area contributed by atoms with Crippen LogP contribution in [-0.4, -0.2) is 23.5 Å². The Labute approximate surface area is 121 Å². The van der Waals surface area contributed by atoms with E-state index < -0.39 is 0 Å². The van der Waals surface area contributed by atoms with Gasteiger partial charge in [0.2, 0.25) is 0 Å². The van der Waals surface area contributed by atoms with Gasteiger partial charge in [0.1, 0.15) is 0 Å². The number of hydrogen-bond acceptors (Lipinski definition) is 3. The van der Waals surface area contributed by atoms with Crippen LogP contribution in [0.15, 0.2) is 30.6 Å². The lowest BCUT2D eigenvalue weighted by Crippen LogP contribution is -2.02. The summed E-state index contributed by atoms with van der Waals surface area (Å²) in [4.78, 5) is 0. The molecule has 0 unspecified atom stereocenters. The highest BCUT2D eigenvalue weighted by Gasteiger charge is 2.06. The van der Waals surface area contributed by atoms with Crippen molar-refractivity contribution in [1.82, 2.24) is 9.78 Å². The predicted molar refractivity (Wildman–Crippen MR) is 78.0 cm³/mol. The number of rotatable bonds is 6. The molecule has 0 aliphatic heterocycles. The third kappa shape index (κ3) is 3.73. The summed E-state index contributed by atoms with van der Waals surface area (Å²) in [7, 11) is 3.56. The quantitative estimate of drug-likeness (QED) is 0.766. The molecule has 5 heteroatoms. The highest BCUT2D eigenvalue weighted by atomic mass is 79.9. The maximum Gasteiger partial charge on any atom is 0.161 e. The third-order valence-corrected chi connectivity index (χ3v) is 3.44. The first kappa shape index (κ1) is 13.9. The number of benzene rings is 1. The Kier molecular flexibility index (Phi) is 4.85. The molecule has 0 amide bonds. The maximum atomic E-state index is 5.80. The lowest BCUT2D eigenvalue weighted by Gasteiger charge is -2.11. The van der Waals surface area contributed by atoms with Crippen molar-refractivity contribution >= 4 is 15.9 Å². The van der Waals surface area contributed by atoms with Crippen molar-refractivity contribution in [3.63, 3.8) is 0 Å². The van der Waals surface area contributed by atoms with Crippen LogP contribution < -0.4 is 9.47 Å². The molecule has 0 spiro atoms. The molecule has 0 aliphatic rings. The number of aromatic nitrogens is 2. The summed E-state index contributed by atoms with van der Waals surface area (Å²) in [6.07, 6.45) is 4.68. The second-order valence-corrected chi connectivity index (χ2v) is 4.80. The molecule has 1 aromatic carbocycles. The molecule has 1 heterocycles. The van der Waals surface area contributed by atoms with Gasteiger partial charge in [-0.2, -0.15) is 5.10 Å². The predicted octanol–water partition coefficient (Wildman–Crippen LogP) is 2.95. The maximum absolute atomic E-state index is 5.80. The van der Waals surface area contributed by atoms with Crippen LogP contribution in [0.5, 0.6) is 11.5 Å². The summed E-state index contributed by atoms with van der Waals surface area (Å²) in [5.41, 5.74) is 2.33. The van der Waals surface area contributed by atoms with Gasteiger partial charge in [-0.3, -0.25) is 4.68 Å². The molecule has 0 saturated heterocycles. The monoisotopic (exact) mass is 324 g/mol. The minimum Gasteiger partial charge on any atom is -0.493 e. The molecule has 0 aliphatic carbocycles. The van der Waals surface area contributed by atoms with Crippen molar-refractivity contribution in [3.05, 3.63) is 41.7 Å². The average molecular weight is 325 g/mol. The van der Waals surface area contributed by atoms with E-state index in [2.05, 4.69) is 21.0 Å². The van der Waals surface area contributed by atoms with Crippen LogP contribution in [-0.2, 0) is 18.8 Å². The van der Waals surface area contributed by atoms with Crippen LogP contribution in [0.4, 0.5) is 0 Å². The summed E-state index contributed by atoms with van der Waals surface area (Å²) in [6, 6.07) is 5.94. The van der Waals surface area contributed by atoms with Crippen molar-refractivity contribution in [2.24, 2.45) is 7.05 Å². The topological polar surface area (TPSA) is 36.3 Å². The molecule has 102 valence electrons. The molecule has 0 bridgehead atoms. The van der Waals surface area contributed by atoms with E-state index in [0.717, 1.165) is 34.4 Å². The van der Waals surface area contributed by atoms with Crippen LogP contribution in [0.3, 0.4) is 0 Å². The number of alkyl halides is 1. The fourth-order valence-electron chi connectivity index (χ4n) is 1.80. The highest BCUT2D eigenvalue weighted by molar-refractivity contribution is 9.08. The van der Waals surface area contributed by atoms with Crippen LogP contribution in [0, 0.1) is 0 Å². The molecule has 0 fully saturated rings. The van der Waals surface area contributed by atoms with Gasteiger partial charge in [0.15, 0.2) is 11.5 Å². The Morgan fingerprint density at radius 1 is 1.26 bits per heavy atom. The number of methoxy groups -OCH3 is 1. The van der Waals surface area contributed by atoms with Gasteiger partial charge in [-0.05, 0) is 23.3 Å². The van der Waals surface area contributed by atoms with E-state index in [-0.39, 0.29) is 0 Å². The van der Waals surface area contributed by atoms with Crippen LogP contribution in [0.2, 0.25) is 0 Å². The minimum absolute atomic E-state index is 0.605. The SMILES string of the molecule is COc1ccc(CBr)cc1OCCc1cnn(C)c1. The van der Waals surface area contributed by atoms with Gasteiger partial charge in [0.25, 0.3) is 0 Å². The Hall–Kier alpha value is -1.49. The summed E-state index contributed by atoms with van der Waals surface area (Å²) in [5, 5.41) is 4.94. The van der Waals surface area contributed by atoms with Gasteiger partial charge < -0.3 is 9.47 Å². The molecule has 1 aromatic heterocycles. The van der Waals surface area contributed by atoms with Crippen LogP contribution >= 0.6 is 15.9 Å². The second kappa shape index (κ2) is 6.61. The first-order valence-corrected chi connectivity index (χ1v) is 7.18. The summed E-state index contributed by atoms with van der Waals surface area (Å²) in [6.45, 7) is 0.605. The van der Waals surface area contributed by atoms with E-state index in [1.165, 1.54) is 0 Å². The van der Waals surface area contributed by atoms with Crippen LogP contribution in [0.25, 0.3) is 0 Å². The minimum atomic E-state index is 0.605. The lowest BCUT2D eigenvalue weighted by molar-refractivity contribution is 0.297. The largest absolute Gasteiger partial charge is 0.493 e. The molecule has 2 aromatic rings. The number of hydrogen-bond donors (Lipinski definition) is 0. The summed E-state index contributed by atoms with van der Waals surface area (Å²) < 4.78 is 12.9. The van der Waals surface area contributed by atoms with Crippen molar-refractivity contribution in [3.8, 4) is 11.5 Å². The molecule has 2 rings (SSSR count). The van der Waals surface area contributed by atoms with Crippen LogP contribution in [0.1, 0.15) is 11.1 Å². The number of nitrogens with zero attached hydrogens (tertiary/aromatic N) is 2. The van der Waals surface area contributed by atoms with Crippen molar-refractivity contribution in [1.29, 1.82) is 0 Å². The van der Waals surface area contributed by atoms with E-state index in [1.54, 1.807) is 11.8 Å². The van der Waals surface area contributed by atoms with Crippen molar-refractivity contribution in [2.45, 2.75) is 11.8 Å². The van der Waals surface area contributed by atoms with Gasteiger partial charge in [-0.15, -0.1) is 0 Å². The molecule has 0 N–H and O–H groups in total. The van der Waals surface area contributed by atoms with E-state index in [1.807, 2.05) is 37.6 Å². The van der Waals surface area contributed by atoms with E-state index >= 15 is 0 Å². The fraction of sp³-hybridized carbons (Fsp3) is 0.357. The average Bonchev–Trinajstić information content (AvgIpc) is 2.84. The van der Waals surface area contributed by atoms with Gasteiger partial charge in [-0.1, -0.05) is 22.0 Å². The summed E-state index contributed by atoms with van der Waals surface area (Å²) >= 11 is 3.44. The van der Waals surface area contributed by atoms with Gasteiger partial charge in [0, 0.05) is 25.0 Å². The normalized spacial score (nSPS) is 10.5. The first-order chi connectivity index (χ1) is 9.22. The zero-order valence-electron chi connectivity index (χ0n) is 11.1. The molecule has 0 radical (unpaired) electrons. The standard InChI is InChI=1S/C14H17BrN2O2/c1-17-10-12(9-16-17)5-6-19-14-7-11(8-15)3-4-13(14)18-2/h3-4,7,9-10H,5-6,8H2,1-2H3. The smallest absolute Gasteiger partial charge is 0.161 e.